The predicted octanol–water partition coefficient (Wildman–Crippen LogP) is 3.31. The molecule has 1 fully saturated rings. The summed E-state index contributed by atoms with van der Waals surface area (Å²) in [7, 11) is 0.0474. The van der Waals surface area contributed by atoms with Crippen molar-refractivity contribution in [1.82, 2.24) is 14.9 Å². The van der Waals surface area contributed by atoms with Gasteiger partial charge in [0, 0.05) is 33.2 Å². The van der Waals surface area contributed by atoms with Gasteiger partial charge in [0.05, 0.1) is 12.0 Å². The SMILES string of the molecule is CN=C(NCCc1ccc(C)c(OC)c1)NCc1ccc(S(=O)(=O)N2CCCC2)cc1.I. The summed E-state index contributed by atoms with van der Waals surface area (Å²) in [5.41, 5.74) is 3.31. The van der Waals surface area contributed by atoms with E-state index in [0.717, 1.165) is 42.7 Å². The van der Waals surface area contributed by atoms with Crippen LogP contribution < -0.4 is 15.4 Å². The van der Waals surface area contributed by atoms with Crippen LogP contribution in [0.25, 0.3) is 0 Å². The molecule has 2 aromatic carbocycles. The molecule has 2 N–H and O–H groups in total. The summed E-state index contributed by atoms with van der Waals surface area (Å²) in [5.74, 6) is 1.60. The first kappa shape index (κ1) is 26.4. The second-order valence-corrected chi connectivity index (χ2v) is 9.60. The lowest BCUT2D eigenvalue weighted by molar-refractivity contribution is 0.411. The Hall–Kier alpha value is -1.85. The molecule has 9 heteroatoms. The smallest absolute Gasteiger partial charge is 0.243 e. The third kappa shape index (κ3) is 6.82. The molecule has 0 amide bonds. The fourth-order valence-electron chi connectivity index (χ4n) is 3.61. The van der Waals surface area contributed by atoms with Crippen molar-refractivity contribution in [2.75, 3.05) is 33.8 Å². The predicted molar refractivity (Wildman–Crippen MR) is 139 cm³/mol. The van der Waals surface area contributed by atoms with Gasteiger partial charge in [-0.3, -0.25) is 4.99 Å². The zero-order valence-corrected chi connectivity index (χ0v) is 22.1. The highest BCUT2D eigenvalue weighted by Gasteiger charge is 2.26. The van der Waals surface area contributed by atoms with Crippen LogP contribution in [0.15, 0.2) is 52.4 Å². The van der Waals surface area contributed by atoms with Crippen molar-refractivity contribution in [1.29, 1.82) is 0 Å². The fourth-order valence-corrected chi connectivity index (χ4v) is 5.13. The fraction of sp³-hybridized carbons (Fsp3) is 0.435. The van der Waals surface area contributed by atoms with E-state index in [4.69, 9.17) is 4.74 Å². The Morgan fingerprint density at radius 1 is 1.06 bits per heavy atom. The maximum Gasteiger partial charge on any atom is 0.243 e. The first-order valence-corrected chi connectivity index (χ1v) is 12.0. The largest absolute Gasteiger partial charge is 0.496 e. The van der Waals surface area contributed by atoms with E-state index in [1.54, 1.807) is 30.6 Å². The number of rotatable bonds is 8. The number of aryl methyl sites for hydroxylation is 1. The number of hydrogen-bond donors (Lipinski definition) is 2. The average molecular weight is 573 g/mol. The van der Waals surface area contributed by atoms with Gasteiger partial charge in [-0.15, -0.1) is 24.0 Å². The molecular formula is C23H33IN4O3S. The highest BCUT2D eigenvalue weighted by Crippen LogP contribution is 2.21. The molecule has 0 aromatic heterocycles. The van der Waals surface area contributed by atoms with E-state index in [1.165, 1.54) is 5.56 Å². The third-order valence-electron chi connectivity index (χ3n) is 5.49. The first-order valence-electron chi connectivity index (χ1n) is 10.6. The first-order chi connectivity index (χ1) is 14.9. The number of ether oxygens (including phenoxy) is 1. The Morgan fingerprint density at radius 2 is 1.72 bits per heavy atom. The molecule has 176 valence electrons. The van der Waals surface area contributed by atoms with E-state index in [2.05, 4.69) is 33.8 Å². The van der Waals surface area contributed by atoms with Gasteiger partial charge in [-0.05, 0) is 61.1 Å². The van der Waals surface area contributed by atoms with Crippen molar-refractivity contribution in [3.8, 4) is 5.75 Å². The quantitative estimate of drug-likeness (QED) is 0.288. The zero-order chi connectivity index (χ0) is 22.3. The lowest BCUT2D eigenvalue weighted by Crippen LogP contribution is -2.37. The summed E-state index contributed by atoms with van der Waals surface area (Å²) >= 11 is 0. The number of sulfonamides is 1. The van der Waals surface area contributed by atoms with Crippen LogP contribution in [-0.4, -0.2) is 52.5 Å². The van der Waals surface area contributed by atoms with Crippen molar-refractivity contribution < 1.29 is 13.2 Å². The highest BCUT2D eigenvalue weighted by molar-refractivity contribution is 14.0. The molecule has 0 aliphatic carbocycles. The minimum absolute atomic E-state index is 0. The lowest BCUT2D eigenvalue weighted by Gasteiger charge is -2.16. The van der Waals surface area contributed by atoms with Gasteiger partial charge in [-0.25, -0.2) is 8.42 Å². The molecule has 0 atom stereocenters. The van der Waals surface area contributed by atoms with Gasteiger partial charge >= 0.3 is 0 Å². The summed E-state index contributed by atoms with van der Waals surface area (Å²) in [6.07, 6.45) is 2.72. The van der Waals surface area contributed by atoms with Crippen molar-refractivity contribution in [3.63, 3.8) is 0 Å². The van der Waals surface area contributed by atoms with Gasteiger partial charge in [-0.1, -0.05) is 24.3 Å². The van der Waals surface area contributed by atoms with Crippen LogP contribution in [-0.2, 0) is 23.0 Å². The van der Waals surface area contributed by atoms with Gasteiger partial charge < -0.3 is 15.4 Å². The summed E-state index contributed by atoms with van der Waals surface area (Å²) in [4.78, 5) is 4.61. The number of guanidine groups is 1. The Bertz CT molecular complexity index is 1000. The standard InChI is InChI=1S/C23H32N4O3S.HI/c1-18-6-7-19(16-22(18)30-3)12-13-25-23(24-2)26-17-20-8-10-21(11-9-20)31(28,29)27-14-4-5-15-27;/h6-11,16H,4-5,12-15,17H2,1-3H3,(H2,24,25,26);1H. The average Bonchev–Trinajstić information content (AvgIpc) is 3.33. The summed E-state index contributed by atoms with van der Waals surface area (Å²) < 4.78 is 32.2. The molecule has 2 aromatic rings. The Balaban J connectivity index is 0.00000363. The maximum absolute atomic E-state index is 12.6. The van der Waals surface area contributed by atoms with Crippen molar-refractivity contribution >= 4 is 40.0 Å². The molecule has 0 radical (unpaired) electrons. The highest BCUT2D eigenvalue weighted by atomic mass is 127. The second kappa shape index (κ2) is 12.4. The van der Waals surface area contributed by atoms with E-state index in [9.17, 15) is 8.42 Å². The molecule has 1 aliphatic heterocycles. The molecule has 0 spiro atoms. The van der Waals surface area contributed by atoms with E-state index in [-0.39, 0.29) is 24.0 Å². The normalized spacial score (nSPS) is 14.7. The zero-order valence-electron chi connectivity index (χ0n) is 18.9. The van der Waals surface area contributed by atoms with Crippen LogP contribution in [0, 0.1) is 6.92 Å². The Labute approximate surface area is 208 Å². The topological polar surface area (TPSA) is 83.0 Å². The van der Waals surface area contributed by atoms with Crippen molar-refractivity contribution in [3.05, 3.63) is 59.2 Å². The van der Waals surface area contributed by atoms with Crippen LogP contribution in [0.2, 0.25) is 0 Å². The molecule has 0 unspecified atom stereocenters. The van der Waals surface area contributed by atoms with Crippen LogP contribution in [0.4, 0.5) is 0 Å². The van der Waals surface area contributed by atoms with Gasteiger partial charge in [0.2, 0.25) is 10.0 Å². The summed E-state index contributed by atoms with van der Waals surface area (Å²) in [6.45, 7) is 4.55. The Kier molecular flexibility index (Phi) is 10.2. The third-order valence-corrected chi connectivity index (χ3v) is 7.40. The minimum atomic E-state index is -3.37. The lowest BCUT2D eigenvalue weighted by atomic mass is 10.1. The molecule has 7 nitrogen and oxygen atoms in total. The summed E-state index contributed by atoms with van der Waals surface area (Å²) in [5, 5.41) is 6.58. The van der Waals surface area contributed by atoms with E-state index in [0.29, 0.717) is 30.5 Å². The molecule has 0 saturated carbocycles. The molecular weight excluding hydrogens is 539 g/mol. The van der Waals surface area contributed by atoms with Crippen molar-refractivity contribution in [2.24, 2.45) is 4.99 Å². The number of nitrogens with zero attached hydrogens (tertiary/aromatic N) is 2. The van der Waals surface area contributed by atoms with E-state index < -0.39 is 10.0 Å². The van der Waals surface area contributed by atoms with Crippen molar-refractivity contribution in [2.45, 2.75) is 37.6 Å². The van der Waals surface area contributed by atoms with Crippen LogP contribution >= 0.6 is 24.0 Å². The van der Waals surface area contributed by atoms with Gasteiger partial charge in [0.15, 0.2) is 5.96 Å². The molecule has 1 saturated heterocycles. The van der Waals surface area contributed by atoms with Crippen LogP contribution in [0.1, 0.15) is 29.5 Å². The van der Waals surface area contributed by atoms with Gasteiger partial charge in [0.1, 0.15) is 5.75 Å². The number of nitrogens with one attached hydrogen (secondary N) is 2. The van der Waals surface area contributed by atoms with E-state index >= 15 is 0 Å². The molecule has 0 bridgehead atoms. The van der Waals surface area contributed by atoms with E-state index in [1.807, 2.05) is 19.1 Å². The molecule has 1 heterocycles. The van der Waals surface area contributed by atoms with Crippen LogP contribution in [0.5, 0.6) is 5.75 Å². The number of aliphatic imine (C=N–C) groups is 1. The molecule has 1 aliphatic rings. The minimum Gasteiger partial charge on any atom is -0.496 e. The maximum atomic E-state index is 12.6. The molecule has 3 rings (SSSR count). The number of benzene rings is 2. The number of methoxy groups -OCH3 is 1. The number of halogens is 1. The van der Waals surface area contributed by atoms with Crippen LogP contribution in [0.3, 0.4) is 0 Å². The van der Waals surface area contributed by atoms with Gasteiger partial charge in [0.25, 0.3) is 0 Å². The monoisotopic (exact) mass is 572 g/mol. The number of hydrogen-bond acceptors (Lipinski definition) is 4. The second-order valence-electron chi connectivity index (χ2n) is 7.66. The summed E-state index contributed by atoms with van der Waals surface area (Å²) in [6, 6.07) is 13.3. The molecule has 32 heavy (non-hydrogen) atoms. The van der Waals surface area contributed by atoms with Gasteiger partial charge in [-0.2, -0.15) is 4.31 Å². The Morgan fingerprint density at radius 3 is 2.34 bits per heavy atom.